The van der Waals surface area contributed by atoms with Crippen LogP contribution >= 0.6 is 23.1 Å². The molecule has 1 aromatic carbocycles. The van der Waals surface area contributed by atoms with E-state index in [1.807, 2.05) is 12.1 Å². The number of benzene rings is 1. The molecule has 0 bridgehead atoms. The van der Waals surface area contributed by atoms with Gasteiger partial charge in [-0.3, -0.25) is 4.79 Å². The number of amides is 1. The number of hydrogen-bond acceptors (Lipinski definition) is 6. The number of carbonyl (C=O) groups excluding carboxylic acids is 1. The quantitative estimate of drug-likeness (QED) is 0.704. The van der Waals surface area contributed by atoms with Gasteiger partial charge in [-0.15, -0.1) is 10.2 Å². The molecule has 1 fully saturated rings. The summed E-state index contributed by atoms with van der Waals surface area (Å²) in [6, 6.07) is 8.43. The number of thioether (sulfide) groups is 1. The third-order valence-electron chi connectivity index (χ3n) is 5.06. The minimum atomic E-state index is 0.0874. The van der Waals surface area contributed by atoms with Crippen LogP contribution in [0.1, 0.15) is 38.7 Å². The lowest BCUT2D eigenvalue weighted by Crippen LogP contribution is -2.44. The first kappa shape index (κ1) is 19.2. The zero-order chi connectivity index (χ0) is 18.5. The van der Waals surface area contributed by atoms with Gasteiger partial charge in [0.25, 0.3) is 0 Å². The number of rotatable bonds is 6. The summed E-state index contributed by atoms with van der Waals surface area (Å²) in [7, 11) is 0. The molecule has 0 saturated heterocycles. The fourth-order valence-electron chi connectivity index (χ4n) is 3.33. The predicted molar refractivity (Wildman–Crippen MR) is 109 cm³/mol. The highest BCUT2D eigenvalue weighted by Gasteiger charge is 2.28. The molecule has 1 aromatic heterocycles. The summed E-state index contributed by atoms with van der Waals surface area (Å²) in [6.45, 7) is 6.58. The number of anilines is 2. The van der Waals surface area contributed by atoms with Crippen molar-refractivity contribution in [1.82, 2.24) is 15.5 Å². The number of hydrogen-bond donors (Lipinski definition) is 2. The Balaban J connectivity index is 1.47. The Morgan fingerprint density at radius 1 is 1.31 bits per heavy atom. The van der Waals surface area contributed by atoms with Crippen molar-refractivity contribution in [2.75, 3.05) is 11.1 Å². The standard InChI is InChI=1S/C19H26N4OS2/c1-12-6-4-8-15(10-12)20-18-22-23-19(26-18)25-11-17(24)21-16-9-5-7-13(2)14(16)3/h4,6,8,10,13-14,16H,5,7,9,11H2,1-3H3,(H,20,22)(H,21,24)/t13-,14-,16+/m1/s1. The van der Waals surface area contributed by atoms with Gasteiger partial charge in [0.15, 0.2) is 4.34 Å². The highest BCUT2D eigenvalue weighted by Crippen LogP contribution is 2.30. The molecular weight excluding hydrogens is 364 g/mol. The third-order valence-corrected chi connectivity index (χ3v) is 7.03. The average Bonchev–Trinajstić information content (AvgIpc) is 3.05. The predicted octanol–water partition coefficient (Wildman–Crippen LogP) is 4.62. The molecule has 1 aliphatic carbocycles. The van der Waals surface area contributed by atoms with Crippen molar-refractivity contribution in [3.05, 3.63) is 29.8 Å². The molecule has 1 aliphatic rings. The van der Waals surface area contributed by atoms with Gasteiger partial charge in [-0.05, 0) is 42.9 Å². The summed E-state index contributed by atoms with van der Waals surface area (Å²) in [4.78, 5) is 12.3. The van der Waals surface area contributed by atoms with Crippen LogP contribution in [0.15, 0.2) is 28.6 Å². The molecule has 0 aliphatic heterocycles. The first-order valence-corrected chi connectivity index (χ1v) is 10.9. The minimum absolute atomic E-state index is 0.0874. The number of aromatic nitrogens is 2. The van der Waals surface area contributed by atoms with E-state index in [0.29, 0.717) is 23.6 Å². The van der Waals surface area contributed by atoms with Crippen LogP contribution in [0.3, 0.4) is 0 Å². The molecule has 2 aromatic rings. The maximum Gasteiger partial charge on any atom is 0.230 e. The molecule has 0 spiro atoms. The van der Waals surface area contributed by atoms with Crippen LogP contribution in [0.4, 0.5) is 10.8 Å². The lowest BCUT2D eigenvalue weighted by atomic mass is 9.78. The van der Waals surface area contributed by atoms with Crippen molar-refractivity contribution in [3.63, 3.8) is 0 Å². The van der Waals surface area contributed by atoms with Crippen LogP contribution in [0.2, 0.25) is 0 Å². The van der Waals surface area contributed by atoms with Crippen molar-refractivity contribution in [2.45, 2.75) is 50.4 Å². The van der Waals surface area contributed by atoms with Gasteiger partial charge in [-0.25, -0.2) is 0 Å². The first-order chi connectivity index (χ1) is 12.5. The van der Waals surface area contributed by atoms with Gasteiger partial charge >= 0.3 is 0 Å². The van der Waals surface area contributed by atoms with E-state index in [1.54, 1.807) is 0 Å². The SMILES string of the molecule is Cc1cccc(Nc2nnc(SCC(=O)N[C@H]3CCC[C@@H](C)[C@H]3C)s2)c1. The summed E-state index contributed by atoms with van der Waals surface area (Å²) in [6.07, 6.45) is 3.56. The van der Waals surface area contributed by atoms with Gasteiger partial charge in [0.2, 0.25) is 11.0 Å². The van der Waals surface area contributed by atoms with E-state index in [2.05, 4.69) is 53.7 Å². The van der Waals surface area contributed by atoms with Crippen LogP contribution in [0.25, 0.3) is 0 Å². The maximum absolute atomic E-state index is 12.3. The molecule has 1 amide bonds. The van der Waals surface area contributed by atoms with Crippen molar-refractivity contribution in [2.24, 2.45) is 11.8 Å². The molecule has 3 rings (SSSR count). The Morgan fingerprint density at radius 3 is 2.96 bits per heavy atom. The monoisotopic (exact) mass is 390 g/mol. The molecule has 5 nitrogen and oxygen atoms in total. The largest absolute Gasteiger partial charge is 0.352 e. The Bertz CT molecular complexity index is 749. The highest BCUT2D eigenvalue weighted by molar-refractivity contribution is 8.01. The van der Waals surface area contributed by atoms with Crippen LogP contribution in [0, 0.1) is 18.8 Å². The second-order valence-electron chi connectivity index (χ2n) is 7.10. The van der Waals surface area contributed by atoms with E-state index in [9.17, 15) is 4.79 Å². The summed E-state index contributed by atoms with van der Waals surface area (Å²) < 4.78 is 0.806. The van der Waals surface area contributed by atoms with Crippen molar-refractivity contribution in [3.8, 4) is 0 Å². The van der Waals surface area contributed by atoms with Gasteiger partial charge in [0.1, 0.15) is 0 Å². The molecule has 140 valence electrons. The van der Waals surface area contributed by atoms with Gasteiger partial charge in [0, 0.05) is 11.7 Å². The van der Waals surface area contributed by atoms with Crippen LogP contribution < -0.4 is 10.6 Å². The zero-order valence-corrected chi connectivity index (χ0v) is 17.1. The molecule has 0 unspecified atom stereocenters. The number of nitrogens with one attached hydrogen (secondary N) is 2. The number of aryl methyl sites for hydroxylation is 1. The molecular formula is C19H26N4OS2. The second kappa shape index (κ2) is 8.86. The fourth-order valence-corrected chi connectivity index (χ4v) is 4.91. The Hall–Kier alpha value is -1.60. The first-order valence-electron chi connectivity index (χ1n) is 9.10. The Morgan fingerprint density at radius 2 is 2.15 bits per heavy atom. The van der Waals surface area contributed by atoms with E-state index in [-0.39, 0.29) is 5.91 Å². The molecule has 3 atom stereocenters. The summed E-state index contributed by atoms with van der Waals surface area (Å²) in [5.74, 6) is 1.70. The summed E-state index contributed by atoms with van der Waals surface area (Å²) >= 11 is 2.92. The maximum atomic E-state index is 12.3. The van der Waals surface area contributed by atoms with Gasteiger partial charge < -0.3 is 10.6 Å². The molecule has 1 saturated carbocycles. The third kappa shape index (κ3) is 5.20. The van der Waals surface area contributed by atoms with Crippen molar-refractivity contribution < 1.29 is 4.79 Å². The summed E-state index contributed by atoms with van der Waals surface area (Å²) in [5, 5.41) is 15.5. The summed E-state index contributed by atoms with van der Waals surface area (Å²) in [5.41, 5.74) is 2.19. The number of nitrogens with zero attached hydrogens (tertiary/aromatic N) is 2. The lowest BCUT2D eigenvalue weighted by molar-refractivity contribution is -0.119. The van der Waals surface area contributed by atoms with E-state index in [4.69, 9.17) is 0 Å². The van der Waals surface area contributed by atoms with Crippen LogP contribution in [0.5, 0.6) is 0 Å². The van der Waals surface area contributed by atoms with E-state index in [1.165, 1.54) is 41.5 Å². The van der Waals surface area contributed by atoms with Gasteiger partial charge in [0.05, 0.1) is 5.75 Å². The normalized spacial score (nSPS) is 22.8. The molecule has 0 radical (unpaired) electrons. The Kier molecular flexibility index (Phi) is 6.53. The minimum Gasteiger partial charge on any atom is -0.352 e. The average molecular weight is 391 g/mol. The lowest BCUT2D eigenvalue weighted by Gasteiger charge is -2.34. The second-order valence-corrected chi connectivity index (χ2v) is 9.30. The van der Waals surface area contributed by atoms with Crippen LogP contribution in [-0.4, -0.2) is 27.9 Å². The van der Waals surface area contributed by atoms with Crippen LogP contribution in [-0.2, 0) is 4.79 Å². The topological polar surface area (TPSA) is 66.9 Å². The molecule has 26 heavy (non-hydrogen) atoms. The molecule has 2 N–H and O–H groups in total. The molecule has 7 heteroatoms. The van der Waals surface area contributed by atoms with E-state index >= 15 is 0 Å². The van der Waals surface area contributed by atoms with E-state index < -0.39 is 0 Å². The van der Waals surface area contributed by atoms with Gasteiger partial charge in [-0.1, -0.05) is 61.9 Å². The highest BCUT2D eigenvalue weighted by atomic mass is 32.2. The van der Waals surface area contributed by atoms with E-state index in [0.717, 1.165) is 21.6 Å². The molecule has 1 heterocycles. The Labute approximate surface area is 163 Å². The zero-order valence-electron chi connectivity index (χ0n) is 15.5. The van der Waals surface area contributed by atoms with Gasteiger partial charge in [-0.2, -0.15) is 0 Å². The smallest absolute Gasteiger partial charge is 0.230 e. The van der Waals surface area contributed by atoms with Crippen molar-refractivity contribution >= 4 is 39.8 Å². The van der Waals surface area contributed by atoms with Crippen molar-refractivity contribution in [1.29, 1.82) is 0 Å². The number of carbonyl (C=O) groups is 1. The fraction of sp³-hybridized carbons (Fsp3) is 0.526.